The van der Waals surface area contributed by atoms with Crippen LogP contribution in [0.15, 0.2) is 4.99 Å². The van der Waals surface area contributed by atoms with Gasteiger partial charge in [-0.3, -0.25) is 4.79 Å². The van der Waals surface area contributed by atoms with E-state index < -0.39 is 6.29 Å². The fourth-order valence-corrected chi connectivity index (χ4v) is 0.700. The van der Waals surface area contributed by atoms with Crippen molar-refractivity contribution in [3.8, 4) is 0 Å². The summed E-state index contributed by atoms with van der Waals surface area (Å²) in [6.45, 7) is 1.03. The second-order valence-electron chi connectivity index (χ2n) is 1.92. The first-order chi connectivity index (χ1) is 4.88. The molecule has 2 aliphatic heterocycles. The van der Waals surface area contributed by atoms with Crippen LogP contribution < -0.4 is 0 Å². The molecule has 0 aromatic carbocycles. The average Bonchev–Trinajstić information content (AvgIpc) is 2.65. The molecule has 2 heterocycles. The maximum Gasteiger partial charge on any atom is 0.291 e. The van der Waals surface area contributed by atoms with Gasteiger partial charge in [0.2, 0.25) is 0 Å². The Kier molecular flexibility index (Phi) is 1.18. The van der Waals surface area contributed by atoms with Crippen LogP contribution in [0.4, 0.5) is 0 Å². The molecule has 2 rings (SSSR count). The van der Waals surface area contributed by atoms with Crippen molar-refractivity contribution < 1.29 is 19.3 Å². The normalized spacial score (nSPS) is 23.8. The molecule has 5 heteroatoms. The minimum atomic E-state index is -0.753. The van der Waals surface area contributed by atoms with Gasteiger partial charge in [-0.2, -0.15) is 9.78 Å². The highest BCUT2D eigenvalue weighted by atomic mass is 17.4. The number of carbonyl (C=O) groups excluding carboxylic acids is 1. The van der Waals surface area contributed by atoms with Gasteiger partial charge in [-0.1, -0.05) is 0 Å². The summed E-state index contributed by atoms with van der Waals surface area (Å²) in [7, 11) is 0. The summed E-state index contributed by atoms with van der Waals surface area (Å²) in [5.41, 5.74) is 0. The Hall–Kier alpha value is -0.940. The second-order valence-corrected chi connectivity index (χ2v) is 1.92. The average molecular weight is 143 g/mol. The number of rotatable bonds is 2. The number of ketones is 1. The molecule has 0 atom stereocenters. The van der Waals surface area contributed by atoms with Crippen molar-refractivity contribution in [2.24, 2.45) is 4.99 Å². The van der Waals surface area contributed by atoms with Gasteiger partial charge in [0, 0.05) is 0 Å². The molecule has 54 valence electrons. The number of hydrogen-bond acceptors (Lipinski definition) is 5. The highest BCUT2D eigenvalue weighted by molar-refractivity contribution is 6.38. The van der Waals surface area contributed by atoms with E-state index in [2.05, 4.69) is 14.8 Å². The lowest BCUT2D eigenvalue weighted by Crippen LogP contribution is -2.19. The molecule has 10 heavy (non-hydrogen) atoms. The quantitative estimate of drug-likeness (QED) is 0.377. The first-order valence-corrected chi connectivity index (χ1v) is 2.91. The lowest BCUT2D eigenvalue weighted by molar-refractivity contribution is -0.115. The van der Waals surface area contributed by atoms with Gasteiger partial charge in [0.05, 0.1) is 6.54 Å². The number of nitrogens with zero attached hydrogens (tertiary/aromatic N) is 1. The molecule has 0 unspecified atom stereocenters. The van der Waals surface area contributed by atoms with Crippen molar-refractivity contribution in [1.82, 2.24) is 0 Å². The standard InChI is InChI=1S/C5H5NO4/c7-3(5-9-10-5)4-6-1-2-8-4/h5H,1-2H2. The summed E-state index contributed by atoms with van der Waals surface area (Å²) in [5.74, 6) is -0.194. The number of ether oxygens (including phenoxy) is 1. The van der Waals surface area contributed by atoms with E-state index in [1.165, 1.54) is 0 Å². The smallest absolute Gasteiger partial charge is 0.291 e. The maximum atomic E-state index is 10.9. The van der Waals surface area contributed by atoms with Gasteiger partial charge in [0.25, 0.3) is 18.0 Å². The third kappa shape index (κ3) is 0.891. The van der Waals surface area contributed by atoms with Crippen molar-refractivity contribution >= 4 is 11.7 Å². The van der Waals surface area contributed by atoms with Gasteiger partial charge >= 0.3 is 0 Å². The second kappa shape index (κ2) is 2.03. The van der Waals surface area contributed by atoms with Crippen molar-refractivity contribution in [2.45, 2.75) is 6.29 Å². The molecule has 0 amide bonds. The molecule has 0 N–H and O–H groups in total. The monoisotopic (exact) mass is 143 g/mol. The Morgan fingerprint density at radius 2 is 2.40 bits per heavy atom. The first-order valence-electron chi connectivity index (χ1n) is 2.91. The molecule has 0 bridgehead atoms. The van der Waals surface area contributed by atoms with Gasteiger partial charge in [0.1, 0.15) is 6.61 Å². The van der Waals surface area contributed by atoms with E-state index in [-0.39, 0.29) is 11.7 Å². The van der Waals surface area contributed by atoms with Gasteiger partial charge in [-0.25, -0.2) is 4.99 Å². The lowest BCUT2D eigenvalue weighted by Gasteiger charge is -1.92. The minimum Gasteiger partial charge on any atom is -0.473 e. The van der Waals surface area contributed by atoms with Crippen LogP contribution in [0.5, 0.6) is 0 Å². The van der Waals surface area contributed by atoms with E-state index in [1.807, 2.05) is 0 Å². The number of aliphatic imine (C=N–C) groups is 1. The van der Waals surface area contributed by atoms with Crippen molar-refractivity contribution in [3.05, 3.63) is 0 Å². The highest BCUT2D eigenvalue weighted by Crippen LogP contribution is 2.15. The Morgan fingerprint density at radius 1 is 1.60 bits per heavy atom. The lowest BCUT2D eigenvalue weighted by atomic mass is 10.4. The van der Waals surface area contributed by atoms with E-state index in [0.29, 0.717) is 13.2 Å². The molecule has 5 nitrogen and oxygen atoms in total. The van der Waals surface area contributed by atoms with Gasteiger partial charge in [-0.15, -0.1) is 0 Å². The molecule has 0 spiro atoms. The minimum absolute atomic E-state index is 0.127. The number of carbonyl (C=O) groups is 1. The Bertz CT molecular complexity index is 196. The molecule has 0 saturated carbocycles. The van der Waals surface area contributed by atoms with Gasteiger partial charge < -0.3 is 4.74 Å². The molecule has 1 saturated heterocycles. The molecule has 2 aliphatic rings. The molecule has 0 aliphatic carbocycles. The Morgan fingerprint density at radius 3 is 2.90 bits per heavy atom. The van der Waals surface area contributed by atoms with Crippen LogP contribution in [0.3, 0.4) is 0 Å². The molecular formula is C5H5NO4. The molecule has 0 aromatic rings. The zero-order valence-electron chi connectivity index (χ0n) is 5.07. The van der Waals surface area contributed by atoms with Crippen LogP contribution in [-0.4, -0.2) is 31.1 Å². The molecular weight excluding hydrogens is 138 g/mol. The van der Waals surface area contributed by atoms with E-state index in [0.717, 1.165) is 0 Å². The van der Waals surface area contributed by atoms with E-state index in [4.69, 9.17) is 4.74 Å². The summed E-state index contributed by atoms with van der Waals surface area (Å²) < 4.78 is 4.86. The molecule has 0 radical (unpaired) electrons. The van der Waals surface area contributed by atoms with E-state index in [9.17, 15) is 4.79 Å². The summed E-state index contributed by atoms with van der Waals surface area (Å²) in [6, 6.07) is 0. The van der Waals surface area contributed by atoms with Crippen LogP contribution in [-0.2, 0) is 19.3 Å². The summed E-state index contributed by atoms with van der Waals surface area (Å²) in [4.78, 5) is 23.2. The Balaban J connectivity index is 2.02. The first kappa shape index (κ1) is 5.82. The van der Waals surface area contributed by atoms with E-state index in [1.54, 1.807) is 0 Å². The summed E-state index contributed by atoms with van der Waals surface area (Å²) >= 11 is 0. The summed E-state index contributed by atoms with van der Waals surface area (Å²) in [5, 5.41) is 0. The van der Waals surface area contributed by atoms with Crippen LogP contribution in [0.1, 0.15) is 0 Å². The fourth-order valence-electron chi connectivity index (χ4n) is 0.700. The van der Waals surface area contributed by atoms with Crippen LogP contribution in [0.2, 0.25) is 0 Å². The van der Waals surface area contributed by atoms with Crippen molar-refractivity contribution in [1.29, 1.82) is 0 Å². The molecule has 0 aromatic heterocycles. The zero-order valence-corrected chi connectivity index (χ0v) is 5.07. The van der Waals surface area contributed by atoms with Crippen molar-refractivity contribution in [3.63, 3.8) is 0 Å². The topological polar surface area (TPSA) is 63.7 Å². The Labute approximate surface area is 56.5 Å². The summed E-state index contributed by atoms with van der Waals surface area (Å²) in [6.07, 6.45) is -0.753. The highest BCUT2D eigenvalue weighted by Gasteiger charge is 2.39. The number of Topliss-reactive ketones (excluding diaryl/α,β-unsaturated/α-hetero) is 1. The van der Waals surface area contributed by atoms with E-state index >= 15 is 0 Å². The van der Waals surface area contributed by atoms with Crippen LogP contribution in [0.25, 0.3) is 0 Å². The molecule has 1 fully saturated rings. The number of hydrogen-bond donors (Lipinski definition) is 0. The predicted octanol–water partition coefficient (Wildman–Crippen LogP) is -0.728. The third-order valence-electron chi connectivity index (χ3n) is 1.20. The predicted molar refractivity (Wildman–Crippen MR) is 29.2 cm³/mol. The van der Waals surface area contributed by atoms with Crippen LogP contribution in [0, 0.1) is 0 Å². The fraction of sp³-hybridized carbons (Fsp3) is 0.600. The van der Waals surface area contributed by atoms with Gasteiger partial charge in [-0.05, 0) is 0 Å². The van der Waals surface area contributed by atoms with Crippen molar-refractivity contribution in [2.75, 3.05) is 13.2 Å². The largest absolute Gasteiger partial charge is 0.473 e. The zero-order chi connectivity index (χ0) is 6.97. The SMILES string of the molecule is O=C(C1=NCCO1)C1OO1. The van der Waals surface area contributed by atoms with Crippen LogP contribution >= 0.6 is 0 Å². The third-order valence-corrected chi connectivity index (χ3v) is 1.20. The van der Waals surface area contributed by atoms with Gasteiger partial charge in [0.15, 0.2) is 0 Å². The maximum absolute atomic E-state index is 10.9.